The third kappa shape index (κ3) is 3.70. The Morgan fingerprint density at radius 3 is 1.96 bits per heavy atom. The SMILES string of the molecule is C=CCC(CCC1CO1)(CCC1CO1)n1c(=O)[nH]c(=O)[nH]c1=O. The molecule has 23 heavy (non-hydrogen) atoms. The highest BCUT2D eigenvalue weighted by Gasteiger charge is 2.38. The van der Waals surface area contributed by atoms with Crippen LogP contribution in [0.4, 0.5) is 0 Å². The summed E-state index contributed by atoms with van der Waals surface area (Å²) in [5.41, 5.74) is -2.89. The van der Waals surface area contributed by atoms with Crippen LogP contribution in [-0.4, -0.2) is 40.0 Å². The highest BCUT2D eigenvalue weighted by Crippen LogP contribution is 2.35. The molecule has 2 unspecified atom stereocenters. The summed E-state index contributed by atoms with van der Waals surface area (Å²) >= 11 is 0. The van der Waals surface area contributed by atoms with Gasteiger partial charge in [0.15, 0.2) is 0 Å². The zero-order valence-corrected chi connectivity index (χ0v) is 12.9. The van der Waals surface area contributed by atoms with Crippen LogP contribution in [0.3, 0.4) is 0 Å². The first-order chi connectivity index (χ1) is 11.0. The smallest absolute Gasteiger partial charge is 0.334 e. The molecule has 2 aliphatic rings. The Labute approximate surface area is 132 Å². The van der Waals surface area contributed by atoms with Gasteiger partial charge in [-0.2, -0.15) is 0 Å². The topological polar surface area (TPSA) is 113 Å². The van der Waals surface area contributed by atoms with E-state index in [2.05, 4.69) is 16.5 Å². The Morgan fingerprint density at radius 1 is 1.09 bits per heavy atom. The second-order valence-corrected chi connectivity index (χ2v) is 6.23. The van der Waals surface area contributed by atoms with Crippen molar-refractivity contribution in [2.75, 3.05) is 13.2 Å². The Hall–Kier alpha value is -1.93. The molecule has 0 aromatic carbocycles. The van der Waals surface area contributed by atoms with Gasteiger partial charge in [-0.05, 0) is 32.1 Å². The van der Waals surface area contributed by atoms with Crippen molar-refractivity contribution in [2.24, 2.45) is 0 Å². The van der Waals surface area contributed by atoms with E-state index in [1.165, 1.54) is 0 Å². The fourth-order valence-corrected chi connectivity index (χ4v) is 3.10. The Balaban J connectivity index is 1.99. The van der Waals surface area contributed by atoms with E-state index in [0.717, 1.165) is 17.4 Å². The van der Waals surface area contributed by atoms with Gasteiger partial charge in [0.2, 0.25) is 0 Å². The predicted octanol–water partition coefficient (Wildman–Crippen LogP) is -0.146. The lowest BCUT2D eigenvalue weighted by Gasteiger charge is -2.34. The monoisotopic (exact) mass is 323 g/mol. The average Bonchev–Trinajstić information content (AvgIpc) is 3.36. The number of epoxide rings is 2. The van der Waals surface area contributed by atoms with Crippen molar-refractivity contribution < 1.29 is 9.47 Å². The first-order valence-electron chi connectivity index (χ1n) is 7.84. The molecule has 2 N–H and O–H groups in total. The van der Waals surface area contributed by atoms with E-state index in [9.17, 15) is 14.4 Å². The quantitative estimate of drug-likeness (QED) is 0.485. The normalized spacial score (nSPS) is 24.9. The minimum atomic E-state index is -0.792. The minimum Gasteiger partial charge on any atom is -0.373 e. The molecule has 0 aliphatic carbocycles. The van der Waals surface area contributed by atoms with Crippen LogP contribution >= 0.6 is 0 Å². The van der Waals surface area contributed by atoms with Gasteiger partial charge in [0.25, 0.3) is 0 Å². The van der Waals surface area contributed by atoms with Crippen LogP contribution in [-0.2, 0) is 15.0 Å². The van der Waals surface area contributed by atoms with Gasteiger partial charge in [0.05, 0.1) is 31.0 Å². The van der Waals surface area contributed by atoms with Gasteiger partial charge < -0.3 is 9.47 Å². The lowest BCUT2D eigenvalue weighted by Crippen LogP contribution is -2.53. The summed E-state index contributed by atoms with van der Waals surface area (Å²) < 4.78 is 11.6. The van der Waals surface area contributed by atoms with E-state index >= 15 is 0 Å². The van der Waals surface area contributed by atoms with E-state index in [1.807, 2.05) is 0 Å². The number of ether oxygens (including phenoxy) is 2. The number of aromatic amines is 2. The van der Waals surface area contributed by atoms with E-state index in [0.29, 0.717) is 32.5 Å². The van der Waals surface area contributed by atoms with Crippen molar-refractivity contribution in [3.8, 4) is 0 Å². The van der Waals surface area contributed by atoms with Gasteiger partial charge in [-0.3, -0.25) is 9.97 Å². The van der Waals surface area contributed by atoms with Gasteiger partial charge in [-0.15, -0.1) is 6.58 Å². The summed E-state index contributed by atoms with van der Waals surface area (Å²) in [6.45, 7) is 5.20. The highest BCUT2D eigenvalue weighted by molar-refractivity contribution is 4.96. The molecule has 0 bridgehead atoms. The standard InChI is InChI=1S/C15H21N3O5/c1-2-5-15(6-3-10-8-22-10,7-4-11-9-23-11)18-13(20)16-12(19)17-14(18)21/h2,10-11H,1,3-9H2,(H2,16,17,19,20,21). The van der Waals surface area contributed by atoms with Crippen LogP contribution in [0.5, 0.6) is 0 Å². The van der Waals surface area contributed by atoms with Gasteiger partial charge in [0, 0.05) is 0 Å². The van der Waals surface area contributed by atoms with E-state index in [1.54, 1.807) is 6.08 Å². The van der Waals surface area contributed by atoms with Crippen LogP contribution in [0.15, 0.2) is 27.0 Å². The maximum Gasteiger partial charge on any atom is 0.334 e. The zero-order valence-electron chi connectivity index (χ0n) is 12.9. The lowest BCUT2D eigenvalue weighted by atomic mass is 9.83. The van der Waals surface area contributed by atoms with Crippen molar-refractivity contribution >= 4 is 0 Å². The third-order valence-electron chi connectivity index (χ3n) is 4.51. The Kier molecular flexibility index (Phi) is 4.36. The molecular formula is C15H21N3O5. The minimum absolute atomic E-state index is 0.189. The molecular weight excluding hydrogens is 302 g/mol. The van der Waals surface area contributed by atoms with Gasteiger partial charge >= 0.3 is 17.1 Å². The maximum absolute atomic E-state index is 12.3. The summed E-state index contributed by atoms with van der Waals surface area (Å²) in [7, 11) is 0. The molecule has 3 rings (SSSR count). The summed E-state index contributed by atoms with van der Waals surface area (Å²) in [5.74, 6) is 0. The molecule has 126 valence electrons. The number of nitrogens with one attached hydrogen (secondary N) is 2. The molecule has 2 atom stereocenters. The largest absolute Gasteiger partial charge is 0.373 e. The van der Waals surface area contributed by atoms with Gasteiger partial charge in [0.1, 0.15) is 0 Å². The van der Waals surface area contributed by atoms with Crippen LogP contribution in [0, 0.1) is 0 Å². The van der Waals surface area contributed by atoms with Crippen molar-refractivity contribution in [1.82, 2.24) is 14.5 Å². The second kappa shape index (κ2) is 6.29. The predicted molar refractivity (Wildman–Crippen MR) is 82.7 cm³/mol. The van der Waals surface area contributed by atoms with Crippen LogP contribution in [0.25, 0.3) is 0 Å². The van der Waals surface area contributed by atoms with E-state index in [4.69, 9.17) is 9.47 Å². The fourth-order valence-electron chi connectivity index (χ4n) is 3.10. The molecule has 2 saturated heterocycles. The number of rotatable bonds is 9. The maximum atomic E-state index is 12.3. The zero-order chi connectivity index (χ0) is 16.4. The van der Waals surface area contributed by atoms with Crippen molar-refractivity contribution in [3.63, 3.8) is 0 Å². The number of hydrogen-bond acceptors (Lipinski definition) is 5. The molecule has 0 saturated carbocycles. The molecule has 1 aromatic heterocycles. The Bertz CT molecular complexity index is 688. The number of nitrogens with zero attached hydrogens (tertiary/aromatic N) is 1. The number of hydrogen-bond donors (Lipinski definition) is 2. The third-order valence-corrected chi connectivity index (χ3v) is 4.51. The van der Waals surface area contributed by atoms with Crippen molar-refractivity contribution in [3.05, 3.63) is 44.1 Å². The molecule has 1 aromatic rings. The van der Waals surface area contributed by atoms with Crippen molar-refractivity contribution in [2.45, 2.75) is 49.9 Å². The fraction of sp³-hybridized carbons (Fsp3) is 0.667. The molecule has 0 amide bonds. The first-order valence-corrected chi connectivity index (χ1v) is 7.84. The van der Waals surface area contributed by atoms with Crippen LogP contribution < -0.4 is 17.1 Å². The van der Waals surface area contributed by atoms with Crippen LogP contribution in [0.1, 0.15) is 32.1 Å². The molecule has 2 aliphatic heterocycles. The first kappa shape index (κ1) is 15.9. The number of aromatic nitrogens is 3. The summed E-state index contributed by atoms with van der Waals surface area (Å²) in [5, 5.41) is 0. The molecule has 8 heteroatoms. The van der Waals surface area contributed by atoms with Crippen LogP contribution in [0.2, 0.25) is 0 Å². The summed E-state index contributed by atoms with van der Waals surface area (Å²) in [6.07, 6.45) is 5.26. The average molecular weight is 323 g/mol. The van der Waals surface area contributed by atoms with E-state index in [-0.39, 0.29) is 12.2 Å². The molecule has 0 spiro atoms. The molecule has 8 nitrogen and oxygen atoms in total. The molecule has 0 radical (unpaired) electrons. The van der Waals surface area contributed by atoms with Gasteiger partial charge in [-0.25, -0.2) is 19.0 Å². The number of H-pyrrole nitrogens is 2. The number of allylic oxidation sites excluding steroid dienone is 1. The molecule has 3 heterocycles. The summed E-state index contributed by atoms with van der Waals surface area (Å²) in [4.78, 5) is 40.2. The van der Waals surface area contributed by atoms with Gasteiger partial charge in [-0.1, -0.05) is 6.08 Å². The van der Waals surface area contributed by atoms with E-state index < -0.39 is 22.6 Å². The van der Waals surface area contributed by atoms with Crippen molar-refractivity contribution in [1.29, 1.82) is 0 Å². The second-order valence-electron chi connectivity index (χ2n) is 6.23. The lowest BCUT2D eigenvalue weighted by molar-refractivity contribution is 0.194. The molecule has 2 fully saturated rings. The highest BCUT2D eigenvalue weighted by atomic mass is 16.6. The Morgan fingerprint density at radius 2 is 1.57 bits per heavy atom. The summed E-state index contributed by atoms with van der Waals surface area (Å²) in [6, 6.07) is 0.